The van der Waals surface area contributed by atoms with Gasteiger partial charge in [-0.25, -0.2) is 0 Å². The number of fused-ring (bicyclic) bond motifs is 1. The number of benzene rings is 1. The Morgan fingerprint density at radius 2 is 2.40 bits per heavy atom. The number of amides is 1. The molecule has 3 rings (SSSR count). The molecule has 2 heterocycles. The molecule has 0 spiro atoms. The van der Waals surface area contributed by atoms with Gasteiger partial charge in [0.25, 0.3) is 0 Å². The Kier molecular flexibility index (Phi) is 3.74. The van der Waals surface area contributed by atoms with Crippen LogP contribution in [0.1, 0.15) is 17.5 Å². The van der Waals surface area contributed by atoms with E-state index >= 15 is 0 Å². The Morgan fingerprint density at radius 1 is 1.50 bits per heavy atom. The van der Waals surface area contributed by atoms with E-state index in [1.54, 1.807) is 11.0 Å². The van der Waals surface area contributed by atoms with Crippen LogP contribution in [-0.2, 0) is 11.2 Å². The summed E-state index contributed by atoms with van der Waals surface area (Å²) in [5.74, 6) is 1.22. The number of rotatable bonds is 3. The smallest absolute Gasteiger partial charge is 0.246 e. The van der Waals surface area contributed by atoms with Crippen molar-refractivity contribution in [2.45, 2.75) is 12.8 Å². The highest BCUT2D eigenvalue weighted by Gasteiger charge is 2.24. The van der Waals surface area contributed by atoms with Gasteiger partial charge in [0.2, 0.25) is 5.91 Å². The maximum absolute atomic E-state index is 12.0. The molecule has 2 aliphatic heterocycles. The number of likely N-dealkylation sites (tertiary alicyclic amines) is 1. The lowest BCUT2D eigenvalue weighted by molar-refractivity contribution is -0.125. The third-order valence-electron chi connectivity index (χ3n) is 3.99. The Hall–Kier alpha value is -1.81. The fourth-order valence-electron chi connectivity index (χ4n) is 2.76. The average Bonchev–Trinajstić information content (AvgIpc) is 3.12. The molecule has 4 nitrogen and oxygen atoms in total. The number of hydrogen-bond acceptors (Lipinski definition) is 3. The highest BCUT2D eigenvalue weighted by atomic mass is 16.5. The summed E-state index contributed by atoms with van der Waals surface area (Å²) in [6, 6.07) is 6.01. The van der Waals surface area contributed by atoms with E-state index in [9.17, 15) is 4.79 Å². The first kappa shape index (κ1) is 13.2. The number of ether oxygens (including phenoxy) is 1. The van der Waals surface area contributed by atoms with Gasteiger partial charge in [0, 0.05) is 38.1 Å². The van der Waals surface area contributed by atoms with Gasteiger partial charge >= 0.3 is 0 Å². The van der Waals surface area contributed by atoms with Crippen LogP contribution in [0.15, 0.2) is 24.3 Å². The summed E-state index contributed by atoms with van der Waals surface area (Å²) < 4.78 is 5.46. The van der Waals surface area contributed by atoms with Gasteiger partial charge in [-0.2, -0.15) is 0 Å². The predicted octanol–water partition coefficient (Wildman–Crippen LogP) is 1.48. The van der Waals surface area contributed by atoms with Crippen molar-refractivity contribution in [3.63, 3.8) is 0 Å². The van der Waals surface area contributed by atoms with E-state index in [1.807, 2.05) is 18.2 Å². The summed E-state index contributed by atoms with van der Waals surface area (Å²) in [6.07, 6.45) is 5.31. The minimum Gasteiger partial charge on any atom is -0.493 e. The first-order chi connectivity index (χ1) is 9.76. The number of hydrogen-bond donors (Lipinski definition) is 1. The molecule has 0 aliphatic carbocycles. The fraction of sp³-hybridized carbons (Fsp3) is 0.438. The number of nitrogens with zero attached hydrogens (tertiary/aromatic N) is 1. The second-order valence-electron chi connectivity index (χ2n) is 5.42. The van der Waals surface area contributed by atoms with E-state index in [0.29, 0.717) is 6.54 Å². The summed E-state index contributed by atoms with van der Waals surface area (Å²) >= 11 is 0. The van der Waals surface area contributed by atoms with Gasteiger partial charge in [-0.1, -0.05) is 6.07 Å². The molecule has 0 saturated carbocycles. The van der Waals surface area contributed by atoms with Crippen LogP contribution >= 0.6 is 0 Å². The molecule has 106 valence electrons. The predicted molar refractivity (Wildman–Crippen MR) is 76.4 cm³/mol. The molecule has 0 bridgehead atoms. The molecule has 1 fully saturated rings. The molecule has 1 N–H and O–H groups in total. The minimum atomic E-state index is 0.0256. The number of carbonyl (C=O) groups excluding carboxylic acids is 1. The van der Waals surface area contributed by atoms with Gasteiger partial charge < -0.3 is 14.7 Å². The standard InChI is InChI=1S/C16H19NO3/c18-11-13-5-7-17(10-13)16(19)4-2-12-1-3-15-14(9-12)6-8-20-15/h1-4,9,13,18H,5-8,10-11H2. The molecule has 1 atom stereocenters. The zero-order chi connectivity index (χ0) is 13.9. The summed E-state index contributed by atoms with van der Waals surface area (Å²) in [4.78, 5) is 13.8. The largest absolute Gasteiger partial charge is 0.493 e. The maximum atomic E-state index is 12.0. The summed E-state index contributed by atoms with van der Waals surface area (Å²) in [5, 5.41) is 9.10. The lowest BCUT2D eigenvalue weighted by Gasteiger charge is -2.13. The second-order valence-corrected chi connectivity index (χ2v) is 5.42. The molecule has 1 saturated heterocycles. The van der Waals surface area contributed by atoms with Gasteiger partial charge in [0.1, 0.15) is 5.75 Å². The number of aliphatic hydroxyl groups excluding tert-OH is 1. The summed E-state index contributed by atoms with van der Waals surface area (Å²) in [7, 11) is 0. The summed E-state index contributed by atoms with van der Waals surface area (Å²) in [6.45, 7) is 2.32. The Balaban J connectivity index is 1.64. The van der Waals surface area contributed by atoms with Gasteiger partial charge in [-0.05, 0) is 35.8 Å². The minimum absolute atomic E-state index is 0.0256. The molecule has 1 aromatic carbocycles. The molecule has 4 heteroatoms. The van der Waals surface area contributed by atoms with E-state index in [1.165, 1.54) is 5.56 Å². The fourth-order valence-corrected chi connectivity index (χ4v) is 2.76. The molecular formula is C16H19NO3. The van der Waals surface area contributed by atoms with Crippen LogP contribution in [0.4, 0.5) is 0 Å². The van der Waals surface area contributed by atoms with E-state index in [0.717, 1.165) is 37.3 Å². The summed E-state index contributed by atoms with van der Waals surface area (Å²) in [5.41, 5.74) is 2.24. The van der Waals surface area contributed by atoms with Crippen molar-refractivity contribution in [3.05, 3.63) is 35.4 Å². The second kappa shape index (κ2) is 5.67. The van der Waals surface area contributed by atoms with Crippen LogP contribution in [0.2, 0.25) is 0 Å². The lowest BCUT2D eigenvalue weighted by atomic mass is 10.1. The highest BCUT2D eigenvalue weighted by Crippen LogP contribution is 2.26. The molecule has 1 unspecified atom stereocenters. The molecule has 1 amide bonds. The van der Waals surface area contributed by atoms with E-state index in [2.05, 4.69) is 6.07 Å². The molecule has 1 aromatic rings. The first-order valence-electron chi connectivity index (χ1n) is 7.10. The van der Waals surface area contributed by atoms with Crippen LogP contribution in [-0.4, -0.2) is 42.2 Å². The van der Waals surface area contributed by atoms with Crippen molar-refractivity contribution >= 4 is 12.0 Å². The Bertz CT molecular complexity index is 539. The quantitative estimate of drug-likeness (QED) is 0.849. The van der Waals surface area contributed by atoms with Crippen molar-refractivity contribution in [1.29, 1.82) is 0 Å². The number of carbonyl (C=O) groups is 1. The zero-order valence-corrected chi connectivity index (χ0v) is 11.4. The zero-order valence-electron chi connectivity index (χ0n) is 11.4. The van der Waals surface area contributed by atoms with Crippen LogP contribution in [0.5, 0.6) is 5.75 Å². The van der Waals surface area contributed by atoms with E-state index < -0.39 is 0 Å². The van der Waals surface area contributed by atoms with Crippen molar-refractivity contribution in [3.8, 4) is 5.75 Å². The van der Waals surface area contributed by atoms with E-state index in [-0.39, 0.29) is 18.4 Å². The number of aliphatic hydroxyl groups is 1. The third kappa shape index (κ3) is 2.70. The molecular weight excluding hydrogens is 254 g/mol. The van der Waals surface area contributed by atoms with Crippen molar-refractivity contribution in [2.75, 3.05) is 26.3 Å². The van der Waals surface area contributed by atoms with E-state index in [4.69, 9.17) is 9.84 Å². The van der Waals surface area contributed by atoms with Crippen molar-refractivity contribution < 1.29 is 14.6 Å². The van der Waals surface area contributed by atoms with Crippen molar-refractivity contribution in [1.82, 2.24) is 4.90 Å². The highest BCUT2D eigenvalue weighted by molar-refractivity contribution is 5.92. The Morgan fingerprint density at radius 3 is 3.20 bits per heavy atom. The van der Waals surface area contributed by atoms with Crippen LogP contribution in [0.25, 0.3) is 6.08 Å². The van der Waals surface area contributed by atoms with Crippen LogP contribution in [0.3, 0.4) is 0 Å². The maximum Gasteiger partial charge on any atom is 0.246 e. The third-order valence-corrected chi connectivity index (χ3v) is 3.99. The molecule has 0 radical (unpaired) electrons. The molecule has 0 aromatic heterocycles. The Labute approximate surface area is 118 Å². The van der Waals surface area contributed by atoms with Gasteiger partial charge in [-0.3, -0.25) is 4.79 Å². The first-order valence-corrected chi connectivity index (χ1v) is 7.10. The monoisotopic (exact) mass is 273 g/mol. The van der Waals surface area contributed by atoms with Gasteiger partial charge in [-0.15, -0.1) is 0 Å². The van der Waals surface area contributed by atoms with Crippen LogP contribution < -0.4 is 4.74 Å². The molecule has 2 aliphatic rings. The topological polar surface area (TPSA) is 49.8 Å². The van der Waals surface area contributed by atoms with Gasteiger partial charge in [0.05, 0.1) is 6.61 Å². The SMILES string of the molecule is O=C(C=Cc1ccc2c(c1)CCO2)N1CCC(CO)C1. The average molecular weight is 273 g/mol. The van der Waals surface area contributed by atoms with Gasteiger partial charge in [0.15, 0.2) is 0 Å². The normalized spacial score (nSPS) is 21.2. The molecule has 20 heavy (non-hydrogen) atoms. The lowest BCUT2D eigenvalue weighted by Crippen LogP contribution is -2.27. The van der Waals surface area contributed by atoms with Crippen LogP contribution in [0, 0.1) is 5.92 Å². The van der Waals surface area contributed by atoms with Crippen molar-refractivity contribution in [2.24, 2.45) is 5.92 Å².